The van der Waals surface area contributed by atoms with Crippen LogP contribution in [0.3, 0.4) is 0 Å². The molecule has 1 N–H and O–H groups in total. The van der Waals surface area contributed by atoms with Crippen LogP contribution < -0.4 is 10.1 Å². The normalized spacial score (nSPS) is 14.9. The molecule has 122 valence electrons. The maximum absolute atomic E-state index is 12.4. The summed E-state index contributed by atoms with van der Waals surface area (Å²) in [5.41, 5.74) is 1.70. The average Bonchev–Trinajstić information content (AvgIpc) is 3.20. The number of hydrogen-bond donors (Lipinski definition) is 1. The van der Waals surface area contributed by atoms with Gasteiger partial charge in [-0.25, -0.2) is 0 Å². The first-order chi connectivity index (χ1) is 11.2. The van der Waals surface area contributed by atoms with Crippen molar-refractivity contribution in [2.45, 2.75) is 26.3 Å². The lowest BCUT2D eigenvalue weighted by Crippen LogP contribution is -2.18. The van der Waals surface area contributed by atoms with E-state index in [4.69, 9.17) is 9.15 Å². The van der Waals surface area contributed by atoms with Gasteiger partial charge >= 0.3 is 0 Å². The number of amides is 1. The van der Waals surface area contributed by atoms with Gasteiger partial charge in [0, 0.05) is 0 Å². The Bertz CT molecular complexity index is 687. The van der Waals surface area contributed by atoms with Crippen molar-refractivity contribution in [3.63, 3.8) is 0 Å². The zero-order chi connectivity index (χ0) is 16.2. The number of nitrogens with one attached hydrogen (secondary N) is 1. The largest absolute Gasteiger partial charge is 0.495 e. The lowest BCUT2D eigenvalue weighted by atomic mass is 10.2. The van der Waals surface area contributed by atoms with Crippen LogP contribution in [0.2, 0.25) is 0 Å². The van der Waals surface area contributed by atoms with Crippen molar-refractivity contribution >= 4 is 11.6 Å². The first-order valence-electron chi connectivity index (χ1n) is 7.93. The molecule has 3 rings (SSSR count). The maximum Gasteiger partial charge on any atom is 0.291 e. The third kappa shape index (κ3) is 3.74. The molecule has 0 radical (unpaired) electrons. The van der Waals surface area contributed by atoms with Crippen LogP contribution in [0.15, 0.2) is 34.7 Å². The van der Waals surface area contributed by atoms with Crippen molar-refractivity contribution in [2.24, 2.45) is 0 Å². The molecule has 2 aromatic rings. The van der Waals surface area contributed by atoms with Crippen LogP contribution in [0.1, 0.15) is 34.7 Å². The summed E-state index contributed by atoms with van der Waals surface area (Å²) in [4.78, 5) is 14.7. The van der Waals surface area contributed by atoms with Crippen LogP contribution in [-0.4, -0.2) is 31.0 Å². The van der Waals surface area contributed by atoms with Crippen molar-refractivity contribution in [1.29, 1.82) is 0 Å². The highest BCUT2D eigenvalue weighted by Gasteiger charge is 2.17. The quantitative estimate of drug-likeness (QED) is 0.918. The van der Waals surface area contributed by atoms with Gasteiger partial charge in [0.15, 0.2) is 5.76 Å². The summed E-state index contributed by atoms with van der Waals surface area (Å²) in [5.74, 6) is 1.52. The van der Waals surface area contributed by atoms with Crippen LogP contribution in [0.25, 0.3) is 0 Å². The predicted molar refractivity (Wildman–Crippen MR) is 88.9 cm³/mol. The van der Waals surface area contributed by atoms with Crippen molar-refractivity contribution in [3.05, 3.63) is 47.4 Å². The minimum atomic E-state index is -0.262. The first kappa shape index (κ1) is 15.6. The van der Waals surface area contributed by atoms with E-state index >= 15 is 0 Å². The SMILES string of the molecule is COc1ccc(C)cc1NC(=O)c1ccc(CN2CCCC2)o1. The number of hydrogen-bond acceptors (Lipinski definition) is 4. The minimum absolute atomic E-state index is 0.262. The van der Waals surface area contributed by atoms with Crippen molar-refractivity contribution < 1.29 is 13.9 Å². The van der Waals surface area contributed by atoms with Gasteiger partial charge in [-0.2, -0.15) is 0 Å². The molecule has 0 spiro atoms. The van der Waals surface area contributed by atoms with E-state index < -0.39 is 0 Å². The molecule has 23 heavy (non-hydrogen) atoms. The standard InChI is InChI=1S/C18H22N2O3/c1-13-5-7-16(22-2)15(11-13)19-18(21)17-8-6-14(23-17)12-20-9-3-4-10-20/h5-8,11H,3-4,9-10,12H2,1-2H3,(H,19,21). The second kappa shape index (κ2) is 6.87. The molecule has 1 aliphatic rings. The van der Waals surface area contributed by atoms with E-state index in [1.54, 1.807) is 13.2 Å². The van der Waals surface area contributed by atoms with E-state index in [2.05, 4.69) is 10.2 Å². The van der Waals surface area contributed by atoms with E-state index in [1.807, 2.05) is 31.2 Å². The average molecular weight is 314 g/mol. The van der Waals surface area contributed by atoms with Gasteiger partial charge < -0.3 is 14.5 Å². The van der Waals surface area contributed by atoms with Gasteiger partial charge in [-0.1, -0.05) is 6.07 Å². The Labute approximate surface area is 136 Å². The predicted octanol–water partition coefficient (Wildman–Crippen LogP) is 3.44. The molecule has 1 aliphatic heterocycles. The molecule has 2 heterocycles. The van der Waals surface area contributed by atoms with Crippen molar-refractivity contribution in [2.75, 3.05) is 25.5 Å². The van der Waals surface area contributed by atoms with Gasteiger partial charge in [-0.3, -0.25) is 9.69 Å². The summed E-state index contributed by atoms with van der Waals surface area (Å²) in [6.07, 6.45) is 2.47. The number of benzene rings is 1. The Balaban J connectivity index is 1.68. The molecule has 1 saturated heterocycles. The van der Waals surface area contributed by atoms with E-state index in [9.17, 15) is 4.79 Å². The topological polar surface area (TPSA) is 54.7 Å². The van der Waals surface area contributed by atoms with E-state index in [0.717, 1.165) is 31.0 Å². The van der Waals surface area contributed by atoms with Gasteiger partial charge in [0.25, 0.3) is 5.91 Å². The molecule has 1 amide bonds. The second-order valence-corrected chi connectivity index (χ2v) is 5.91. The smallest absolute Gasteiger partial charge is 0.291 e. The van der Waals surface area contributed by atoms with Crippen molar-refractivity contribution in [3.8, 4) is 5.75 Å². The van der Waals surface area contributed by atoms with E-state index in [1.165, 1.54) is 12.8 Å². The Hall–Kier alpha value is -2.27. The first-order valence-corrected chi connectivity index (χ1v) is 7.93. The summed E-state index contributed by atoms with van der Waals surface area (Å²) >= 11 is 0. The zero-order valence-corrected chi connectivity index (χ0v) is 13.6. The Morgan fingerprint density at radius 2 is 2.04 bits per heavy atom. The molecule has 5 heteroatoms. The van der Waals surface area contributed by atoms with Crippen LogP contribution in [0.5, 0.6) is 5.75 Å². The van der Waals surface area contributed by atoms with Crippen LogP contribution in [-0.2, 0) is 6.54 Å². The molecule has 1 aromatic heterocycles. The second-order valence-electron chi connectivity index (χ2n) is 5.91. The summed E-state index contributed by atoms with van der Waals surface area (Å²) in [5, 5.41) is 2.85. The number of ether oxygens (including phenoxy) is 1. The third-order valence-corrected chi connectivity index (χ3v) is 4.07. The Morgan fingerprint density at radius 1 is 1.26 bits per heavy atom. The lowest BCUT2D eigenvalue weighted by Gasteiger charge is -2.12. The van der Waals surface area contributed by atoms with Crippen LogP contribution in [0.4, 0.5) is 5.69 Å². The number of nitrogens with zero attached hydrogens (tertiary/aromatic N) is 1. The number of carbonyl (C=O) groups excluding carboxylic acids is 1. The van der Waals surface area contributed by atoms with Gasteiger partial charge in [0.05, 0.1) is 19.3 Å². The van der Waals surface area contributed by atoms with Gasteiger partial charge in [0.1, 0.15) is 11.5 Å². The van der Waals surface area contributed by atoms with E-state index in [0.29, 0.717) is 17.2 Å². The minimum Gasteiger partial charge on any atom is -0.495 e. The number of anilines is 1. The highest BCUT2D eigenvalue weighted by molar-refractivity contribution is 6.03. The van der Waals surface area contributed by atoms with E-state index in [-0.39, 0.29) is 5.91 Å². The number of furan rings is 1. The van der Waals surface area contributed by atoms with Gasteiger partial charge in [-0.15, -0.1) is 0 Å². The molecule has 0 atom stereocenters. The highest BCUT2D eigenvalue weighted by Crippen LogP contribution is 2.26. The fourth-order valence-electron chi connectivity index (χ4n) is 2.85. The molecule has 0 bridgehead atoms. The Kier molecular flexibility index (Phi) is 4.67. The third-order valence-electron chi connectivity index (χ3n) is 4.07. The lowest BCUT2D eigenvalue weighted by molar-refractivity contribution is 0.0993. The van der Waals surface area contributed by atoms with Crippen molar-refractivity contribution in [1.82, 2.24) is 4.90 Å². The highest BCUT2D eigenvalue weighted by atomic mass is 16.5. The number of carbonyl (C=O) groups is 1. The number of methoxy groups -OCH3 is 1. The summed E-state index contributed by atoms with van der Waals surface area (Å²) in [7, 11) is 1.58. The zero-order valence-electron chi connectivity index (χ0n) is 13.6. The molecule has 0 saturated carbocycles. The maximum atomic E-state index is 12.4. The molecular weight excluding hydrogens is 292 g/mol. The number of aryl methyl sites for hydroxylation is 1. The molecule has 5 nitrogen and oxygen atoms in total. The van der Waals surface area contributed by atoms with Crippen LogP contribution in [0, 0.1) is 6.92 Å². The number of rotatable bonds is 5. The van der Waals surface area contributed by atoms with Gasteiger partial charge in [-0.05, 0) is 62.7 Å². The monoisotopic (exact) mass is 314 g/mol. The van der Waals surface area contributed by atoms with Crippen LogP contribution >= 0.6 is 0 Å². The molecule has 1 aromatic carbocycles. The molecule has 1 fully saturated rings. The summed E-state index contributed by atoms with van der Waals surface area (Å²) in [6, 6.07) is 9.26. The molecular formula is C18H22N2O3. The molecule has 0 unspecified atom stereocenters. The fraction of sp³-hybridized carbons (Fsp3) is 0.389. The Morgan fingerprint density at radius 3 is 2.78 bits per heavy atom. The fourth-order valence-corrected chi connectivity index (χ4v) is 2.85. The molecule has 0 aliphatic carbocycles. The summed E-state index contributed by atoms with van der Waals surface area (Å²) in [6.45, 7) is 4.93. The van der Waals surface area contributed by atoms with Gasteiger partial charge in [0.2, 0.25) is 0 Å². The summed E-state index contributed by atoms with van der Waals surface area (Å²) < 4.78 is 11.0. The number of likely N-dealkylation sites (tertiary alicyclic amines) is 1.